The van der Waals surface area contributed by atoms with Crippen molar-refractivity contribution in [2.45, 2.75) is 25.6 Å². The highest BCUT2D eigenvalue weighted by molar-refractivity contribution is 6.23. The average Bonchev–Trinajstić information content (AvgIpc) is 3.12. The Morgan fingerprint density at radius 3 is 2.73 bits per heavy atom. The number of hydrogen-bond acceptors (Lipinski definition) is 4. The molecule has 3 aliphatic heterocycles. The van der Waals surface area contributed by atoms with Crippen LogP contribution in [0, 0.1) is 25.7 Å². The van der Waals surface area contributed by atoms with E-state index in [0.29, 0.717) is 5.69 Å². The first-order valence-corrected chi connectivity index (χ1v) is 7.41. The topological polar surface area (TPSA) is 66.8 Å². The Hall–Kier alpha value is -1.98. The summed E-state index contributed by atoms with van der Waals surface area (Å²) in [5, 5.41) is 9.68. The van der Waals surface area contributed by atoms with E-state index in [4.69, 9.17) is 4.74 Å². The van der Waals surface area contributed by atoms with Crippen molar-refractivity contribution in [3.63, 3.8) is 0 Å². The zero-order chi connectivity index (χ0) is 15.6. The van der Waals surface area contributed by atoms with Gasteiger partial charge in [0.2, 0.25) is 11.8 Å². The Morgan fingerprint density at radius 1 is 1.27 bits per heavy atom. The molecule has 1 aromatic carbocycles. The van der Waals surface area contributed by atoms with Crippen LogP contribution in [0.15, 0.2) is 30.4 Å². The first-order chi connectivity index (χ1) is 10.5. The molecule has 4 rings (SSSR count). The molecular weight excluding hydrogens is 282 g/mol. The van der Waals surface area contributed by atoms with Gasteiger partial charge in [0.1, 0.15) is 5.60 Å². The number of imide groups is 1. The summed E-state index contributed by atoms with van der Waals surface area (Å²) in [5.74, 6) is -1.65. The summed E-state index contributed by atoms with van der Waals surface area (Å²) in [6.45, 7) is 3.57. The van der Waals surface area contributed by atoms with E-state index < -0.39 is 23.5 Å². The lowest BCUT2D eigenvalue weighted by Gasteiger charge is -2.26. The molecule has 0 aromatic heterocycles. The fraction of sp³-hybridized carbons (Fsp3) is 0.412. The number of hydrogen-bond donors (Lipinski definition) is 1. The molecule has 0 radical (unpaired) electrons. The summed E-state index contributed by atoms with van der Waals surface area (Å²) in [5.41, 5.74) is 1.57. The minimum Gasteiger partial charge on any atom is -0.393 e. The molecule has 3 heterocycles. The van der Waals surface area contributed by atoms with Crippen molar-refractivity contribution in [1.82, 2.24) is 0 Å². The second kappa shape index (κ2) is 4.27. The second-order valence-electron chi connectivity index (χ2n) is 6.36. The second-order valence-corrected chi connectivity index (χ2v) is 6.36. The maximum absolute atomic E-state index is 12.9. The van der Waals surface area contributed by atoms with E-state index in [1.54, 1.807) is 12.2 Å². The minimum absolute atomic E-state index is 0.230. The summed E-state index contributed by atoms with van der Waals surface area (Å²) >= 11 is 0. The van der Waals surface area contributed by atoms with E-state index >= 15 is 0 Å². The molecule has 2 fully saturated rings. The summed E-state index contributed by atoms with van der Waals surface area (Å²) in [7, 11) is 0. The number of anilines is 1. The van der Waals surface area contributed by atoms with Crippen LogP contribution in [0.25, 0.3) is 0 Å². The number of rotatable bonds is 2. The Labute approximate surface area is 128 Å². The number of benzene rings is 1. The number of aliphatic hydroxyl groups is 1. The molecule has 4 atom stereocenters. The van der Waals surface area contributed by atoms with Crippen LogP contribution in [0.5, 0.6) is 0 Å². The normalized spacial score (nSPS) is 35.6. The van der Waals surface area contributed by atoms with E-state index in [1.807, 2.05) is 32.0 Å². The molecule has 1 aromatic rings. The van der Waals surface area contributed by atoms with E-state index in [9.17, 15) is 14.7 Å². The molecule has 5 heteroatoms. The summed E-state index contributed by atoms with van der Waals surface area (Å²) in [6.07, 6.45) is 3.10. The molecule has 2 bridgehead atoms. The van der Waals surface area contributed by atoms with Crippen molar-refractivity contribution >= 4 is 17.5 Å². The van der Waals surface area contributed by atoms with Gasteiger partial charge in [0.05, 0.1) is 30.2 Å². The molecule has 5 nitrogen and oxygen atoms in total. The monoisotopic (exact) mass is 299 g/mol. The summed E-state index contributed by atoms with van der Waals surface area (Å²) < 4.78 is 5.72. The lowest BCUT2D eigenvalue weighted by atomic mass is 9.77. The van der Waals surface area contributed by atoms with Crippen LogP contribution >= 0.6 is 0 Å². The standard InChI is InChI=1S/C17H17NO4/c1-9-3-4-11(10(2)7-9)18-15(20)13-12-5-6-17(8-19,22-12)14(13)16(18)21/h3-7,12-14,19H,8H2,1-2H3/t12-,13-,14-,17+/m1/s1. The Balaban J connectivity index is 1.79. The third kappa shape index (κ3) is 1.50. The molecule has 1 N–H and O–H groups in total. The fourth-order valence-electron chi connectivity index (χ4n) is 3.98. The summed E-state index contributed by atoms with van der Waals surface area (Å²) in [4.78, 5) is 26.9. The number of carbonyl (C=O) groups is 2. The van der Waals surface area contributed by atoms with Gasteiger partial charge < -0.3 is 9.84 Å². The zero-order valence-corrected chi connectivity index (χ0v) is 12.4. The van der Waals surface area contributed by atoms with E-state index in [1.165, 1.54) is 4.90 Å². The lowest BCUT2D eigenvalue weighted by molar-refractivity contribution is -0.128. The molecule has 22 heavy (non-hydrogen) atoms. The van der Waals surface area contributed by atoms with Crippen LogP contribution in [-0.2, 0) is 14.3 Å². The van der Waals surface area contributed by atoms with Crippen molar-refractivity contribution < 1.29 is 19.4 Å². The number of nitrogens with zero attached hydrogens (tertiary/aromatic N) is 1. The third-order valence-corrected chi connectivity index (χ3v) is 5.00. The number of carbonyl (C=O) groups excluding carboxylic acids is 2. The first kappa shape index (κ1) is 13.7. The number of aryl methyl sites for hydroxylation is 2. The van der Waals surface area contributed by atoms with Crippen molar-refractivity contribution in [3.8, 4) is 0 Å². The Morgan fingerprint density at radius 2 is 2.05 bits per heavy atom. The SMILES string of the molecule is Cc1ccc(N2C(=O)[C@@H]3[C@H]4C=C[C@@](CO)(O4)[C@H]3C2=O)c(C)c1. The van der Waals surface area contributed by atoms with E-state index in [2.05, 4.69) is 0 Å². The molecule has 2 amide bonds. The van der Waals surface area contributed by atoms with Gasteiger partial charge in [0.25, 0.3) is 0 Å². The molecule has 2 saturated heterocycles. The maximum atomic E-state index is 12.9. The molecule has 0 aliphatic carbocycles. The van der Waals surface area contributed by atoms with Crippen molar-refractivity contribution in [2.75, 3.05) is 11.5 Å². The van der Waals surface area contributed by atoms with Crippen LogP contribution in [0.4, 0.5) is 5.69 Å². The van der Waals surface area contributed by atoms with Gasteiger partial charge in [-0.1, -0.05) is 29.8 Å². The first-order valence-electron chi connectivity index (χ1n) is 7.41. The fourth-order valence-corrected chi connectivity index (χ4v) is 3.98. The zero-order valence-electron chi connectivity index (χ0n) is 12.4. The molecule has 0 spiro atoms. The number of amides is 2. The summed E-state index contributed by atoms with van der Waals surface area (Å²) in [6, 6.07) is 5.65. The highest BCUT2D eigenvalue weighted by Gasteiger charge is 2.67. The van der Waals surface area contributed by atoms with Gasteiger partial charge in [-0.2, -0.15) is 0 Å². The molecular formula is C17H17NO4. The van der Waals surface area contributed by atoms with Crippen LogP contribution < -0.4 is 4.90 Å². The predicted molar refractivity (Wildman–Crippen MR) is 79.2 cm³/mol. The smallest absolute Gasteiger partial charge is 0.241 e. The highest BCUT2D eigenvalue weighted by Crippen LogP contribution is 2.52. The maximum Gasteiger partial charge on any atom is 0.241 e. The molecule has 0 unspecified atom stereocenters. The van der Waals surface area contributed by atoms with Gasteiger partial charge in [0.15, 0.2) is 0 Å². The Bertz CT molecular complexity index is 725. The van der Waals surface area contributed by atoms with Crippen LogP contribution in [0.1, 0.15) is 11.1 Å². The van der Waals surface area contributed by atoms with Crippen molar-refractivity contribution in [3.05, 3.63) is 41.5 Å². The van der Waals surface area contributed by atoms with Crippen molar-refractivity contribution in [1.29, 1.82) is 0 Å². The largest absolute Gasteiger partial charge is 0.393 e. The Kier molecular flexibility index (Phi) is 2.65. The van der Waals surface area contributed by atoms with Crippen LogP contribution in [0.3, 0.4) is 0 Å². The highest BCUT2D eigenvalue weighted by atomic mass is 16.5. The van der Waals surface area contributed by atoms with E-state index in [0.717, 1.165) is 11.1 Å². The van der Waals surface area contributed by atoms with Gasteiger partial charge in [-0.05, 0) is 25.5 Å². The van der Waals surface area contributed by atoms with Gasteiger partial charge in [-0.15, -0.1) is 0 Å². The molecule has 3 aliphatic rings. The van der Waals surface area contributed by atoms with Gasteiger partial charge >= 0.3 is 0 Å². The molecule has 0 saturated carbocycles. The quantitative estimate of drug-likeness (QED) is 0.656. The number of aliphatic hydroxyl groups excluding tert-OH is 1. The number of fused-ring (bicyclic) bond motifs is 5. The van der Waals surface area contributed by atoms with Gasteiger partial charge in [-0.25, -0.2) is 4.90 Å². The van der Waals surface area contributed by atoms with Gasteiger partial charge in [-0.3, -0.25) is 9.59 Å². The lowest BCUT2D eigenvalue weighted by Crippen LogP contribution is -2.43. The third-order valence-electron chi connectivity index (χ3n) is 5.00. The number of ether oxygens (including phenoxy) is 1. The minimum atomic E-state index is -1.03. The molecule has 114 valence electrons. The predicted octanol–water partition coefficient (Wildman–Crippen LogP) is 1.11. The van der Waals surface area contributed by atoms with E-state index in [-0.39, 0.29) is 18.4 Å². The van der Waals surface area contributed by atoms with Gasteiger partial charge in [0, 0.05) is 0 Å². The average molecular weight is 299 g/mol. The van der Waals surface area contributed by atoms with Crippen LogP contribution in [0.2, 0.25) is 0 Å². The van der Waals surface area contributed by atoms with Crippen molar-refractivity contribution in [2.24, 2.45) is 11.8 Å². The van der Waals surface area contributed by atoms with Crippen LogP contribution in [-0.4, -0.2) is 35.2 Å².